The summed E-state index contributed by atoms with van der Waals surface area (Å²) in [6, 6.07) is 3.85. The van der Waals surface area contributed by atoms with Crippen LogP contribution in [0.2, 0.25) is 0 Å². The predicted octanol–water partition coefficient (Wildman–Crippen LogP) is 2.70. The fraction of sp³-hybridized carbons (Fsp3) is 0.722. The molecule has 0 aromatic carbocycles. The Bertz CT molecular complexity index is 576. The van der Waals surface area contributed by atoms with Crippen molar-refractivity contribution < 1.29 is 13.6 Å². The Hall–Kier alpha value is -1.36. The van der Waals surface area contributed by atoms with E-state index >= 15 is 0 Å². The monoisotopic (exact) mass is 320 g/mol. The maximum absolute atomic E-state index is 14.7. The molecule has 1 amide bonds. The van der Waals surface area contributed by atoms with E-state index in [4.69, 9.17) is 4.42 Å². The van der Waals surface area contributed by atoms with E-state index in [0.29, 0.717) is 25.4 Å². The molecule has 1 aromatic rings. The van der Waals surface area contributed by atoms with Crippen LogP contribution in [0.4, 0.5) is 4.39 Å². The molecule has 0 N–H and O–H groups in total. The Morgan fingerprint density at radius 1 is 1.43 bits per heavy atom. The summed E-state index contributed by atoms with van der Waals surface area (Å²) in [6.45, 7) is 5.63. The molecule has 1 spiro atoms. The van der Waals surface area contributed by atoms with Gasteiger partial charge in [-0.05, 0) is 43.9 Å². The zero-order chi connectivity index (χ0) is 16.0. The molecule has 2 saturated heterocycles. The molecule has 3 heterocycles. The van der Waals surface area contributed by atoms with Crippen molar-refractivity contribution in [3.8, 4) is 0 Å². The number of furan rings is 1. The maximum atomic E-state index is 14.7. The summed E-state index contributed by atoms with van der Waals surface area (Å²) in [5.74, 6) is 1.89. The highest BCUT2D eigenvalue weighted by Gasteiger charge is 2.51. The first-order valence-corrected chi connectivity index (χ1v) is 8.75. The summed E-state index contributed by atoms with van der Waals surface area (Å²) < 4.78 is 20.1. The zero-order valence-electron chi connectivity index (χ0n) is 13.7. The van der Waals surface area contributed by atoms with E-state index in [2.05, 4.69) is 11.8 Å². The van der Waals surface area contributed by atoms with Crippen LogP contribution in [-0.4, -0.2) is 48.1 Å². The third-order valence-electron chi connectivity index (χ3n) is 5.98. The first-order chi connectivity index (χ1) is 11.1. The van der Waals surface area contributed by atoms with Gasteiger partial charge < -0.3 is 9.32 Å². The van der Waals surface area contributed by atoms with E-state index in [-0.39, 0.29) is 17.2 Å². The van der Waals surface area contributed by atoms with Gasteiger partial charge >= 0.3 is 0 Å². The molecule has 126 valence electrons. The Labute approximate surface area is 136 Å². The lowest BCUT2D eigenvalue weighted by atomic mass is 9.77. The number of nitrogens with zero attached hydrogens (tertiary/aromatic N) is 2. The molecule has 0 unspecified atom stereocenters. The molecule has 2 aliphatic heterocycles. The number of carbonyl (C=O) groups is 1. The molecule has 0 bridgehead atoms. The van der Waals surface area contributed by atoms with Crippen molar-refractivity contribution in [1.82, 2.24) is 9.80 Å². The molecular weight excluding hydrogens is 295 g/mol. The lowest BCUT2D eigenvalue weighted by Gasteiger charge is -2.43. The van der Waals surface area contributed by atoms with Crippen molar-refractivity contribution in [1.29, 1.82) is 0 Å². The summed E-state index contributed by atoms with van der Waals surface area (Å²) in [5, 5.41) is 0. The van der Waals surface area contributed by atoms with Gasteiger partial charge in [-0.2, -0.15) is 0 Å². The summed E-state index contributed by atoms with van der Waals surface area (Å²) in [6.07, 6.45) is 3.20. The van der Waals surface area contributed by atoms with Crippen LogP contribution >= 0.6 is 0 Å². The standard InChI is InChI=1S/C18H25FN2O2/c1-13-9-15(13)17(22)21-6-4-16(19)18(12-21)5-7-20(11-18)10-14-3-2-8-23-14/h2-3,8,13,15-16H,4-7,9-12H2,1H3/t13-,15+,16+,18+/m1/s1. The van der Waals surface area contributed by atoms with Gasteiger partial charge in [-0.3, -0.25) is 9.69 Å². The molecule has 3 aliphatic rings. The summed E-state index contributed by atoms with van der Waals surface area (Å²) in [7, 11) is 0. The number of rotatable bonds is 3. The number of hydrogen-bond acceptors (Lipinski definition) is 3. The summed E-state index contributed by atoms with van der Waals surface area (Å²) in [4.78, 5) is 16.7. The number of hydrogen-bond donors (Lipinski definition) is 0. The van der Waals surface area contributed by atoms with Gasteiger partial charge in [-0.25, -0.2) is 4.39 Å². The van der Waals surface area contributed by atoms with Gasteiger partial charge in [0.25, 0.3) is 0 Å². The molecule has 4 nitrogen and oxygen atoms in total. The number of alkyl halides is 1. The van der Waals surface area contributed by atoms with Crippen molar-refractivity contribution >= 4 is 5.91 Å². The highest BCUT2D eigenvalue weighted by atomic mass is 19.1. The third kappa shape index (κ3) is 2.80. The first kappa shape index (κ1) is 15.2. The van der Waals surface area contributed by atoms with Crippen molar-refractivity contribution in [2.45, 2.75) is 38.9 Å². The molecule has 3 fully saturated rings. The minimum absolute atomic E-state index is 0.198. The van der Waals surface area contributed by atoms with Crippen molar-refractivity contribution in [2.24, 2.45) is 17.3 Å². The van der Waals surface area contributed by atoms with Crippen LogP contribution in [-0.2, 0) is 11.3 Å². The quantitative estimate of drug-likeness (QED) is 0.859. The second-order valence-electron chi connectivity index (χ2n) is 7.74. The predicted molar refractivity (Wildman–Crippen MR) is 84.4 cm³/mol. The Morgan fingerprint density at radius 2 is 2.26 bits per heavy atom. The smallest absolute Gasteiger partial charge is 0.225 e. The second-order valence-corrected chi connectivity index (χ2v) is 7.74. The molecule has 4 atom stereocenters. The molecule has 1 aromatic heterocycles. The summed E-state index contributed by atoms with van der Waals surface area (Å²) >= 11 is 0. The molecule has 23 heavy (non-hydrogen) atoms. The van der Waals surface area contributed by atoms with Gasteiger partial charge in [0.2, 0.25) is 5.91 Å². The van der Waals surface area contributed by atoms with E-state index in [1.807, 2.05) is 17.0 Å². The average molecular weight is 320 g/mol. The van der Waals surface area contributed by atoms with Gasteiger partial charge in [0.05, 0.1) is 12.8 Å². The largest absolute Gasteiger partial charge is 0.468 e. The van der Waals surface area contributed by atoms with Crippen LogP contribution < -0.4 is 0 Å². The molecule has 1 aliphatic carbocycles. The average Bonchev–Trinajstić information content (AvgIpc) is 2.92. The lowest BCUT2D eigenvalue weighted by Crippen LogP contribution is -2.53. The first-order valence-electron chi connectivity index (χ1n) is 8.75. The van der Waals surface area contributed by atoms with E-state index < -0.39 is 6.17 Å². The normalized spacial score (nSPS) is 37.5. The van der Waals surface area contributed by atoms with Crippen molar-refractivity contribution in [3.63, 3.8) is 0 Å². The van der Waals surface area contributed by atoms with E-state index in [1.54, 1.807) is 6.26 Å². The Morgan fingerprint density at radius 3 is 2.96 bits per heavy atom. The number of piperidine rings is 1. The number of carbonyl (C=O) groups excluding carboxylic acids is 1. The zero-order valence-corrected chi connectivity index (χ0v) is 13.7. The maximum Gasteiger partial charge on any atom is 0.225 e. The van der Waals surface area contributed by atoms with E-state index in [9.17, 15) is 9.18 Å². The summed E-state index contributed by atoms with van der Waals surface area (Å²) in [5.41, 5.74) is -0.376. The molecule has 1 saturated carbocycles. The molecule has 0 radical (unpaired) electrons. The second kappa shape index (κ2) is 5.62. The number of halogens is 1. The van der Waals surface area contributed by atoms with Crippen LogP contribution in [0.15, 0.2) is 22.8 Å². The van der Waals surface area contributed by atoms with Crippen molar-refractivity contribution in [2.75, 3.05) is 26.2 Å². The van der Waals surface area contributed by atoms with Crippen LogP contribution in [0.3, 0.4) is 0 Å². The number of amides is 1. The van der Waals surface area contributed by atoms with Gasteiger partial charge in [0.15, 0.2) is 0 Å². The minimum atomic E-state index is -0.801. The van der Waals surface area contributed by atoms with Gasteiger partial charge in [0.1, 0.15) is 11.9 Å². The van der Waals surface area contributed by atoms with Crippen LogP contribution in [0.1, 0.15) is 31.9 Å². The van der Waals surface area contributed by atoms with Crippen LogP contribution in [0.5, 0.6) is 0 Å². The fourth-order valence-electron chi connectivity index (χ4n) is 4.35. The molecule has 5 heteroatoms. The third-order valence-corrected chi connectivity index (χ3v) is 5.98. The SMILES string of the molecule is C[C@@H]1C[C@@H]1C(=O)N1CC[C@H](F)[C@]2(CCN(Cc3ccco3)C2)C1. The highest BCUT2D eigenvalue weighted by molar-refractivity contribution is 5.81. The number of likely N-dealkylation sites (tertiary alicyclic amines) is 2. The van der Waals surface area contributed by atoms with E-state index in [1.165, 1.54) is 0 Å². The Kier molecular flexibility index (Phi) is 3.71. The van der Waals surface area contributed by atoms with Crippen molar-refractivity contribution in [3.05, 3.63) is 24.2 Å². The van der Waals surface area contributed by atoms with E-state index in [0.717, 1.165) is 38.2 Å². The van der Waals surface area contributed by atoms with Crippen LogP contribution in [0, 0.1) is 17.3 Å². The fourth-order valence-corrected chi connectivity index (χ4v) is 4.35. The minimum Gasteiger partial charge on any atom is -0.468 e. The van der Waals surface area contributed by atoms with Gasteiger partial charge in [-0.1, -0.05) is 6.92 Å². The topological polar surface area (TPSA) is 36.7 Å². The van der Waals surface area contributed by atoms with Gasteiger partial charge in [0, 0.05) is 31.0 Å². The molecular formula is C18H25FN2O2. The lowest BCUT2D eigenvalue weighted by molar-refractivity contribution is -0.138. The highest BCUT2D eigenvalue weighted by Crippen LogP contribution is 2.44. The van der Waals surface area contributed by atoms with Crippen LogP contribution in [0.25, 0.3) is 0 Å². The van der Waals surface area contributed by atoms with Gasteiger partial charge in [-0.15, -0.1) is 0 Å². The molecule has 4 rings (SSSR count). The Balaban J connectivity index is 1.42.